The highest BCUT2D eigenvalue weighted by Gasteiger charge is 2.30. The topological polar surface area (TPSA) is 102 Å². The van der Waals surface area contributed by atoms with Crippen molar-refractivity contribution in [2.75, 3.05) is 11.1 Å². The Labute approximate surface area is 175 Å². The third-order valence-electron chi connectivity index (χ3n) is 5.01. The van der Waals surface area contributed by atoms with Gasteiger partial charge in [0.25, 0.3) is 0 Å². The van der Waals surface area contributed by atoms with E-state index in [0.717, 1.165) is 35.5 Å². The van der Waals surface area contributed by atoms with Gasteiger partial charge < -0.3 is 21.1 Å². The van der Waals surface area contributed by atoms with Crippen molar-refractivity contribution in [2.45, 2.75) is 24.9 Å². The van der Waals surface area contributed by atoms with Crippen molar-refractivity contribution in [1.29, 1.82) is 0 Å². The predicted octanol–water partition coefficient (Wildman–Crippen LogP) is 3.76. The highest BCUT2D eigenvalue weighted by molar-refractivity contribution is 5.87. The molecular formula is C23H23N5O2. The van der Waals surface area contributed by atoms with Gasteiger partial charge in [0.05, 0.1) is 5.56 Å². The number of hydrogen-bond donors (Lipinski definition) is 3. The van der Waals surface area contributed by atoms with Crippen LogP contribution in [0.3, 0.4) is 0 Å². The predicted molar refractivity (Wildman–Crippen MR) is 117 cm³/mol. The van der Waals surface area contributed by atoms with Gasteiger partial charge >= 0.3 is 0 Å². The van der Waals surface area contributed by atoms with E-state index in [1.165, 1.54) is 12.4 Å². The molecule has 0 atom stereocenters. The standard InChI is InChI=1S/C23H23N5O2/c1-2-20(29)27-16-12-17(13-16)28-23-21(22(24)25-14-26-23)15-8-10-19(11-9-15)30-18-6-4-3-5-7-18/h2-11,14,16-17H,1,12-13H2,(H,27,29)(H3,24,25,26,28)/t16-,17-. The molecule has 0 radical (unpaired) electrons. The lowest BCUT2D eigenvalue weighted by Gasteiger charge is -2.36. The van der Waals surface area contributed by atoms with E-state index in [9.17, 15) is 4.79 Å². The van der Waals surface area contributed by atoms with Crippen LogP contribution in [0.5, 0.6) is 11.5 Å². The fourth-order valence-corrected chi connectivity index (χ4v) is 3.41. The summed E-state index contributed by atoms with van der Waals surface area (Å²) in [6.07, 6.45) is 4.36. The molecule has 1 fully saturated rings. The first-order valence-corrected chi connectivity index (χ1v) is 9.75. The normalized spacial score (nSPS) is 17.5. The van der Waals surface area contributed by atoms with Gasteiger partial charge in [0.15, 0.2) is 0 Å². The SMILES string of the molecule is C=CC(=O)N[C@H]1C[C@H](Nc2ncnc(N)c2-c2ccc(Oc3ccccc3)cc2)C1. The van der Waals surface area contributed by atoms with Crippen LogP contribution >= 0.6 is 0 Å². The molecular weight excluding hydrogens is 378 g/mol. The Morgan fingerprint density at radius 1 is 1.03 bits per heavy atom. The lowest BCUT2D eigenvalue weighted by atomic mass is 9.86. The maximum absolute atomic E-state index is 11.4. The summed E-state index contributed by atoms with van der Waals surface area (Å²) in [7, 11) is 0. The summed E-state index contributed by atoms with van der Waals surface area (Å²) >= 11 is 0. The van der Waals surface area contributed by atoms with Crippen LogP contribution in [0.15, 0.2) is 73.6 Å². The van der Waals surface area contributed by atoms with E-state index in [4.69, 9.17) is 10.5 Å². The van der Waals surface area contributed by atoms with Gasteiger partial charge in [-0.3, -0.25) is 4.79 Å². The molecule has 0 bridgehead atoms. The summed E-state index contributed by atoms with van der Waals surface area (Å²) in [5.41, 5.74) is 7.82. The van der Waals surface area contributed by atoms with Gasteiger partial charge in [0.2, 0.25) is 5.91 Å². The molecule has 0 saturated heterocycles. The average molecular weight is 401 g/mol. The second-order valence-corrected chi connectivity index (χ2v) is 7.14. The molecule has 3 aromatic rings. The Bertz CT molecular complexity index is 1030. The zero-order chi connectivity index (χ0) is 20.9. The van der Waals surface area contributed by atoms with E-state index in [0.29, 0.717) is 11.6 Å². The van der Waals surface area contributed by atoms with Gasteiger partial charge in [0, 0.05) is 12.1 Å². The Morgan fingerprint density at radius 2 is 1.73 bits per heavy atom. The van der Waals surface area contributed by atoms with Crippen LogP contribution in [-0.2, 0) is 4.79 Å². The minimum Gasteiger partial charge on any atom is -0.457 e. The Morgan fingerprint density at radius 3 is 2.43 bits per heavy atom. The Kier molecular flexibility index (Phi) is 5.61. The largest absolute Gasteiger partial charge is 0.457 e. The van der Waals surface area contributed by atoms with Crippen molar-refractivity contribution in [2.24, 2.45) is 0 Å². The molecule has 1 aromatic heterocycles. The second kappa shape index (κ2) is 8.65. The van der Waals surface area contributed by atoms with Crippen LogP contribution in [0.1, 0.15) is 12.8 Å². The number of nitrogen functional groups attached to an aromatic ring is 1. The summed E-state index contributed by atoms with van der Waals surface area (Å²) in [6.45, 7) is 3.48. The molecule has 1 heterocycles. The number of nitrogens with one attached hydrogen (secondary N) is 2. The number of carbonyl (C=O) groups excluding carboxylic acids is 1. The van der Waals surface area contributed by atoms with Crippen molar-refractivity contribution in [3.05, 3.63) is 73.6 Å². The number of anilines is 2. The lowest BCUT2D eigenvalue weighted by molar-refractivity contribution is -0.117. The highest BCUT2D eigenvalue weighted by atomic mass is 16.5. The molecule has 4 N–H and O–H groups in total. The molecule has 7 nitrogen and oxygen atoms in total. The molecule has 2 aromatic carbocycles. The first kappa shape index (κ1) is 19.4. The van der Waals surface area contributed by atoms with Crippen LogP contribution in [-0.4, -0.2) is 28.0 Å². The molecule has 4 rings (SSSR count). The van der Waals surface area contributed by atoms with Gasteiger partial charge in [-0.15, -0.1) is 0 Å². The van der Waals surface area contributed by atoms with E-state index in [-0.39, 0.29) is 18.0 Å². The van der Waals surface area contributed by atoms with Gasteiger partial charge in [-0.25, -0.2) is 9.97 Å². The van der Waals surface area contributed by atoms with Crippen molar-refractivity contribution < 1.29 is 9.53 Å². The maximum atomic E-state index is 11.4. The molecule has 1 amide bonds. The van der Waals surface area contributed by atoms with E-state index in [1.54, 1.807) is 0 Å². The van der Waals surface area contributed by atoms with Crippen molar-refractivity contribution >= 4 is 17.5 Å². The molecule has 30 heavy (non-hydrogen) atoms. The minimum atomic E-state index is -0.150. The lowest BCUT2D eigenvalue weighted by Crippen LogP contribution is -2.49. The van der Waals surface area contributed by atoms with E-state index in [1.807, 2.05) is 54.6 Å². The smallest absolute Gasteiger partial charge is 0.243 e. The maximum Gasteiger partial charge on any atom is 0.243 e. The summed E-state index contributed by atoms with van der Waals surface area (Å²) in [6, 6.07) is 17.6. The molecule has 1 aliphatic carbocycles. The van der Waals surface area contributed by atoms with Crippen molar-refractivity contribution in [1.82, 2.24) is 15.3 Å². The third-order valence-corrected chi connectivity index (χ3v) is 5.01. The number of carbonyl (C=O) groups is 1. The van der Waals surface area contributed by atoms with Gasteiger partial charge in [-0.05, 0) is 48.7 Å². The van der Waals surface area contributed by atoms with E-state index < -0.39 is 0 Å². The van der Waals surface area contributed by atoms with Crippen LogP contribution in [0.2, 0.25) is 0 Å². The molecule has 0 spiro atoms. The molecule has 0 aliphatic heterocycles. The number of para-hydroxylation sites is 1. The van der Waals surface area contributed by atoms with Gasteiger partial charge in [-0.2, -0.15) is 0 Å². The second-order valence-electron chi connectivity index (χ2n) is 7.14. The first-order valence-electron chi connectivity index (χ1n) is 9.75. The quantitative estimate of drug-likeness (QED) is 0.521. The van der Waals surface area contributed by atoms with Crippen LogP contribution in [0.4, 0.5) is 11.6 Å². The van der Waals surface area contributed by atoms with Gasteiger partial charge in [0.1, 0.15) is 29.5 Å². The third kappa shape index (κ3) is 4.41. The van der Waals surface area contributed by atoms with Crippen LogP contribution in [0.25, 0.3) is 11.1 Å². The fraction of sp³-hybridized carbons (Fsp3) is 0.174. The molecule has 7 heteroatoms. The summed E-state index contributed by atoms with van der Waals surface area (Å²) in [5.74, 6) is 2.44. The molecule has 1 saturated carbocycles. The zero-order valence-corrected chi connectivity index (χ0v) is 16.4. The van der Waals surface area contributed by atoms with Crippen molar-refractivity contribution in [3.8, 4) is 22.6 Å². The molecule has 1 aliphatic rings. The Balaban J connectivity index is 1.47. The van der Waals surface area contributed by atoms with Gasteiger partial charge in [-0.1, -0.05) is 36.9 Å². The number of hydrogen-bond acceptors (Lipinski definition) is 6. The Hall–Kier alpha value is -3.87. The number of benzene rings is 2. The number of nitrogens with zero attached hydrogens (tertiary/aromatic N) is 2. The van der Waals surface area contributed by atoms with E-state index in [2.05, 4.69) is 27.2 Å². The number of rotatable bonds is 7. The van der Waals surface area contributed by atoms with Crippen LogP contribution in [0, 0.1) is 0 Å². The molecule has 152 valence electrons. The highest BCUT2D eigenvalue weighted by Crippen LogP contribution is 2.34. The summed E-state index contributed by atoms with van der Waals surface area (Å²) in [4.78, 5) is 20.0. The first-order chi connectivity index (χ1) is 14.6. The summed E-state index contributed by atoms with van der Waals surface area (Å²) in [5, 5.41) is 6.32. The molecule has 0 unspecified atom stereocenters. The van der Waals surface area contributed by atoms with Crippen molar-refractivity contribution in [3.63, 3.8) is 0 Å². The summed E-state index contributed by atoms with van der Waals surface area (Å²) < 4.78 is 5.85. The van der Waals surface area contributed by atoms with E-state index >= 15 is 0 Å². The number of aromatic nitrogens is 2. The average Bonchev–Trinajstić information content (AvgIpc) is 2.74. The zero-order valence-electron chi connectivity index (χ0n) is 16.4. The fourth-order valence-electron chi connectivity index (χ4n) is 3.41. The number of ether oxygens (including phenoxy) is 1. The number of amides is 1. The van der Waals surface area contributed by atoms with Crippen LogP contribution < -0.4 is 21.1 Å². The number of nitrogens with two attached hydrogens (primary N) is 1. The monoisotopic (exact) mass is 401 g/mol. The minimum absolute atomic E-state index is 0.144.